The molecule has 28 heavy (non-hydrogen) atoms. The number of nitrogens with zero attached hydrogens (tertiary/aromatic N) is 4. The molecule has 144 valence electrons. The van der Waals surface area contributed by atoms with Gasteiger partial charge in [0.2, 0.25) is 11.9 Å². The molecule has 1 aromatic heterocycles. The van der Waals surface area contributed by atoms with Crippen LogP contribution in [-0.4, -0.2) is 19.9 Å². The Morgan fingerprint density at radius 2 is 2.00 bits per heavy atom. The second-order valence-corrected chi connectivity index (χ2v) is 5.73. The Morgan fingerprint density at radius 3 is 2.75 bits per heavy atom. The van der Waals surface area contributed by atoms with Crippen molar-refractivity contribution in [2.45, 2.75) is 20.0 Å². The number of aromatic nitrogens is 3. The molecule has 0 aliphatic heterocycles. The average molecular weight is 384 g/mol. The molecule has 0 aliphatic rings. The second-order valence-electron chi connectivity index (χ2n) is 5.73. The van der Waals surface area contributed by atoms with E-state index in [9.17, 15) is 14.5 Å². The first kappa shape index (κ1) is 19.0. The Hall–Kier alpha value is -3.82. The standard InChI is InChI=1S/C18H17FN6O3/c1-2-11-5-3-4-6-13(11)21-18-23-16(22-17(20)24-18)10-28-15-9-12(19)7-8-14(15)25(26)27/h3-9H,2,10H2,1H3,(H3,20,21,22,23,24). The van der Waals surface area contributed by atoms with Crippen molar-refractivity contribution in [3.05, 3.63) is 69.8 Å². The summed E-state index contributed by atoms with van der Waals surface area (Å²) >= 11 is 0. The summed E-state index contributed by atoms with van der Waals surface area (Å²) in [4.78, 5) is 22.6. The zero-order chi connectivity index (χ0) is 20.1. The van der Waals surface area contributed by atoms with Gasteiger partial charge in [0.15, 0.2) is 11.6 Å². The lowest BCUT2D eigenvalue weighted by Crippen LogP contribution is -2.10. The van der Waals surface area contributed by atoms with Gasteiger partial charge in [0.1, 0.15) is 12.4 Å². The van der Waals surface area contributed by atoms with Crippen molar-refractivity contribution in [2.24, 2.45) is 0 Å². The molecular weight excluding hydrogens is 367 g/mol. The summed E-state index contributed by atoms with van der Waals surface area (Å²) in [6, 6.07) is 10.6. The number of nitrogens with two attached hydrogens (primary N) is 1. The van der Waals surface area contributed by atoms with Gasteiger partial charge in [-0.1, -0.05) is 25.1 Å². The van der Waals surface area contributed by atoms with Crippen LogP contribution in [0.25, 0.3) is 0 Å². The van der Waals surface area contributed by atoms with E-state index in [2.05, 4.69) is 20.3 Å². The van der Waals surface area contributed by atoms with E-state index in [1.807, 2.05) is 31.2 Å². The largest absolute Gasteiger partial charge is 0.478 e. The minimum Gasteiger partial charge on any atom is -0.478 e. The van der Waals surface area contributed by atoms with Crippen LogP contribution >= 0.6 is 0 Å². The summed E-state index contributed by atoms with van der Waals surface area (Å²) < 4.78 is 18.8. The number of hydrogen-bond donors (Lipinski definition) is 2. The van der Waals surface area contributed by atoms with Gasteiger partial charge < -0.3 is 15.8 Å². The molecule has 9 nitrogen and oxygen atoms in total. The van der Waals surface area contributed by atoms with Crippen molar-refractivity contribution < 1.29 is 14.1 Å². The lowest BCUT2D eigenvalue weighted by molar-refractivity contribution is -0.386. The summed E-state index contributed by atoms with van der Waals surface area (Å²) in [7, 11) is 0. The molecule has 0 saturated heterocycles. The van der Waals surface area contributed by atoms with Crippen molar-refractivity contribution in [3.63, 3.8) is 0 Å². The van der Waals surface area contributed by atoms with E-state index in [-0.39, 0.29) is 35.8 Å². The second kappa shape index (κ2) is 8.25. The van der Waals surface area contributed by atoms with Crippen LogP contribution in [0.4, 0.5) is 27.7 Å². The van der Waals surface area contributed by atoms with Gasteiger partial charge in [-0.05, 0) is 24.1 Å². The fourth-order valence-corrected chi connectivity index (χ4v) is 2.53. The highest BCUT2D eigenvalue weighted by atomic mass is 19.1. The van der Waals surface area contributed by atoms with Crippen molar-refractivity contribution in [1.82, 2.24) is 15.0 Å². The molecule has 0 fully saturated rings. The van der Waals surface area contributed by atoms with E-state index in [0.29, 0.717) is 0 Å². The van der Waals surface area contributed by atoms with Crippen molar-refractivity contribution in [1.29, 1.82) is 0 Å². The predicted octanol–water partition coefficient (Wildman–Crippen LogP) is 3.39. The highest BCUT2D eigenvalue weighted by Crippen LogP contribution is 2.28. The average Bonchev–Trinajstić information content (AvgIpc) is 2.66. The van der Waals surface area contributed by atoms with Gasteiger partial charge in [0.05, 0.1) is 4.92 Å². The number of nitrogens with one attached hydrogen (secondary N) is 1. The fraction of sp³-hybridized carbons (Fsp3) is 0.167. The number of rotatable bonds is 7. The summed E-state index contributed by atoms with van der Waals surface area (Å²) in [5.41, 5.74) is 7.25. The van der Waals surface area contributed by atoms with Crippen LogP contribution in [0.15, 0.2) is 42.5 Å². The normalized spacial score (nSPS) is 10.5. The highest BCUT2D eigenvalue weighted by Gasteiger charge is 2.17. The Labute approximate surface area is 159 Å². The fourth-order valence-electron chi connectivity index (χ4n) is 2.53. The number of para-hydroxylation sites is 1. The van der Waals surface area contributed by atoms with Crippen molar-refractivity contribution >= 4 is 23.3 Å². The van der Waals surface area contributed by atoms with E-state index < -0.39 is 10.7 Å². The molecule has 0 atom stereocenters. The first-order chi connectivity index (χ1) is 13.5. The van der Waals surface area contributed by atoms with Crippen LogP contribution in [0, 0.1) is 15.9 Å². The van der Waals surface area contributed by atoms with Crippen LogP contribution in [0.3, 0.4) is 0 Å². The number of nitro benzene ring substituents is 1. The maximum atomic E-state index is 13.4. The summed E-state index contributed by atoms with van der Waals surface area (Å²) in [6.07, 6.45) is 0.808. The predicted molar refractivity (Wildman–Crippen MR) is 101 cm³/mol. The number of benzene rings is 2. The number of anilines is 3. The Kier molecular flexibility index (Phi) is 5.58. The van der Waals surface area contributed by atoms with Crippen LogP contribution in [0.5, 0.6) is 5.75 Å². The molecule has 1 heterocycles. The van der Waals surface area contributed by atoms with E-state index in [4.69, 9.17) is 10.5 Å². The van der Waals surface area contributed by atoms with Gasteiger partial charge in [0.25, 0.3) is 0 Å². The molecule has 0 unspecified atom stereocenters. The van der Waals surface area contributed by atoms with Gasteiger partial charge >= 0.3 is 5.69 Å². The van der Waals surface area contributed by atoms with Gasteiger partial charge in [-0.3, -0.25) is 10.1 Å². The molecule has 0 bridgehead atoms. The van der Waals surface area contributed by atoms with E-state index in [1.165, 1.54) is 0 Å². The number of halogens is 1. The van der Waals surface area contributed by atoms with Crippen LogP contribution in [0.2, 0.25) is 0 Å². The molecule has 10 heteroatoms. The summed E-state index contributed by atoms with van der Waals surface area (Å²) in [5, 5.41) is 14.1. The van der Waals surface area contributed by atoms with E-state index in [1.54, 1.807) is 0 Å². The highest BCUT2D eigenvalue weighted by molar-refractivity contribution is 5.58. The summed E-state index contributed by atoms with van der Waals surface area (Å²) in [6.45, 7) is 1.77. The number of nitro groups is 1. The molecule has 0 amide bonds. The zero-order valence-corrected chi connectivity index (χ0v) is 14.9. The minimum atomic E-state index is -0.662. The molecule has 3 rings (SSSR count). The van der Waals surface area contributed by atoms with Crippen LogP contribution < -0.4 is 15.8 Å². The third-order valence-corrected chi connectivity index (χ3v) is 3.82. The van der Waals surface area contributed by atoms with Crippen molar-refractivity contribution in [2.75, 3.05) is 11.1 Å². The van der Waals surface area contributed by atoms with Crippen LogP contribution in [-0.2, 0) is 13.0 Å². The third kappa shape index (κ3) is 4.47. The van der Waals surface area contributed by atoms with E-state index >= 15 is 0 Å². The van der Waals surface area contributed by atoms with Gasteiger partial charge in [-0.25, -0.2) is 4.39 Å². The zero-order valence-electron chi connectivity index (χ0n) is 14.9. The van der Waals surface area contributed by atoms with Crippen LogP contribution in [0.1, 0.15) is 18.3 Å². The molecule has 0 saturated carbocycles. The molecule has 0 aliphatic carbocycles. The monoisotopic (exact) mass is 384 g/mol. The third-order valence-electron chi connectivity index (χ3n) is 3.82. The topological polar surface area (TPSA) is 129 Å². The molecular formula is C18H17FN6O3. The number of aryl methyl sites for hydroxylation is 1. The Bertz CT molecular complexity index is 1010. The minimum absolute atomic E-state index is 0.0428. The quantitative estimate of drug-likeness (QED) is 0.468. The maximum absolute atomic E-state index is 13.4. The Morgan fingerprint density at radius 1 is 1.21 bits per heavy atom. The smallest absolute Gasteiger partial charge is 0.311 e. The van der Waals surface area contributed by atoms with Gasteiger partial charge in [-0.15, -0.1) is 0 Å². The first-order valence-corrected chi connectivity index (χ1v) is 8.38. The first-order valence-electron chi connectivity index (χ1n) is 8.38. The molecule has 3 aromatic rings. The van der Waals surface area contributed by atoms with E-state index in [0.717, 1.165) is 35.9 Å². The SMILES string of the molecule is CCc1ccccc1Nc1nc(N)nc(COc2cc(F)ccc2[N+](=O)[O-])n1. The number of hydrogen-bond acceptors (Lipinski definition) is 8. The lowest BCUT2D eigenvalue weighted by Gasteiger charge is -2.11. The summed E-state index contributed by atoms with van der Waals surface area (Å²) in [5.74, 6) is -0.578. The van der Waals surface area contributed by atoms with Gasteiger partial charge in [-0.2, -0.15) is 15.0 Å². The molecule has 2 aromatic carbocycles. The maximum Gasteiger partial charge on any atom is 0.311 e. The van der Waals surface area contributed by atoms with Gasteiger partial charge in [0, 0.05) is 17.8 Å². The number of nitrogen functional groups attached to an aromatic ring is 1. The molecule has 3 N–H and O–H groups in total. The molecule has 0 spiro atoms. The Balaban J connectivity index is 1.81. The lowest BCUT2D eigenvalue weighted by atomic mass is 10.1. The molecule has 0 radical (unpaired) electrons. The van der Waals surface area contributed by atoms with Crippen molar-refractivity contribution in [3.8, 4) is 5.75 Å². The number of ether oxygens (including phenoxy) is 1.